The second kappa shape index (κ2) is 23.2. The SMILES string of the molecule is O=C(O)CC[NH+]1CCC[NH2+]CC[NH2+]CCC[NH+](CCC(=O)O)CC1.[Cl-].[Cl-].[Cl-].[Cl-]. The van der Waals surface area contributed by atoms with Crippen molar-refractivity contribution in [1.82, 2.24) is 0 Å². The van der Waals surface area contributed by atoms with Crippen molar-refractivity contribution in [3.05, 3.63) is 0 Å². The first-order valence-corrected chi connectivity index (χ1v) is 9.32. The molecule has 0 amide bonds. The summed E-state index contributed by atoms with van der Waals surface area (Å²) in [5.41, 5.74) is 0. The van der Waals surface area contributed by atoms with Crippen molar-refractivity contribution in [2.24, 2.45) is 0 Å². The summed E-state index contributed by atoms with van der Waals surface area (Å²) in [5.74, 6) is -1.47. The number of quaternary nitrogens is 4. The summed E-state index contributed by atoms with van der Waals surface area (Å²) in [6.45, 7) is 9.61. The van der Waals surface area contributed by atoms with Crippen LogP contribution in [-0.4, -0.2) is 87.6 Å². The van der Waals surface area contributed by atoms with Gasteiger partial charge in [0.1, 0.15) is 26.2 Å². The van der Waals surface area contributed by atoms with Gasteiger partial charge in [-0.25, -0.2) is 0 Å². The Morgan fingerprint density at radius 1 is 0.643 bits per heavy atom. The highest BCUT2D eigenvalue weighted by molar-refractivity contribution is 5.66. The highest BCUT2D eigenvalue weighted by Crippen LogP contribution is 1.75. The molecule has 0 aromatic rings. The van der Waals surface area contributed by atoms with Crippen LogP contribution >= 0.6 is 0 Å². The molecule has 1 aliphatic heterocycles. The molecule has 2 atom stereocenters. The van der Waals surface area contributed by atoms with Gasteiger partial charge in [-0.2, -0.15) is 0 Å². The fourth-order valence-corrected chi connectivity index (χ4v) is 3.19. The molecule has 0 aromatic heterocycles. The molecule has 0 aromatic carbocycles. The zero-order chi connectivity index (χ0) is 17.6. The quantitative estimate of drug-likeness (QED) is 0.222. The molecule has 0 bridgehead atoms. The lowest BCUT2D eigenvalue weighted by Crippen LogP contribution is -3.20. The Balaban J connectivity index is -0.000000720. The number of nitrogens with one attached hydrogen (secondary N) is 2. The van der Waals surface area contributed by atoms with Gasteiger partial charge in [-0.3, -0.25) is 9.59 Å². The average Bonchev–Trinajstić information content (AvgIpc) is 2.54. The number of carboxylic acid groups (broad SMARTS) is 2. The minimum atomic E-state index is -0.737. The molecule has 1 aliphatic rings. The number of carboxylic acids is 2. The van der Waals surface area contributed by atoms with Gasteiger partial charge in [0.15, 0.2) is 0 Å². The maximum absolute atomic E-state index is 10.9. The van der Waals surface area contributed by atoms with E-state index in [9.17, 15) is 9.59 Å². The van der Waals surface area contributed by atoms with Crippen LogP contribution in [0, 0.1) is 0 Å². The molecule has 8 nitrogen and oxygen atoms in total. The second-order valence-electron chi connectivity index (χ2n) is 6.73. The minimum Gasteiger partial charge on any atom is -1.00 e. The van der Waals surface area contributed by atoms with Crippen molar-refractivity contribution in [3.63, 3.8) is 0 Å². The van der Waals surface area contributed by atoms with Crippen LogP contribution in [0.2, 0.25) is 0 Å². The molecule has 1 saturated heterocycles. The molecule has 12 heteroatoms. The Morgan fingerprint density at radius 2 is 1.00 bits per heavy atom. The van der Waals surface area contributed by atoms with Crippen LogP contribution in [0.25, 0.3) is 0 Å². The summed E-state index contributed by atoms with van der Waals surface area (Å²) in [7, 11) is 0. The smallest absolute Gasteiger partial charge is 0.309 e. The summed E-state index contributed by atoms with van der Waals surface area (Å²) in [5, 5.41) is 22.5. The third-order valence-corrected chi connectivity index (χ3v) is 4.67. The van der Waals surface area contributed by atoms with Crippen LogP contribution < -0.4 is 70.1 Å². The number of hydrogen-bond donors (Lipinski definition) is 6. The van der Waals surface area contributed by atoms with Crippen molar-refractivity contribution < 1.29 is 89.9 Å². The fraction of sp³-hybridized carbons (Fsp3) is 0.875. The average molecular weight is 490 g/mol. The van der Waals surface area contributed by atoms with Crippen LogP contribution in [-0.2, 0) is 9.59 Å². The van der Waals surface area contributed by atoms with E-state index in [1.807, 2.05) is 0 Å². The Kier molecular flexibility index (Phi) is 29.3. The molecular formula is C16H36Cl4N4O4. The van der Waals surface area contributed by atoms with E-state index in [2.05, 4.69) is 10.6 Å². The van der Waals surface area contributed by atoms with Gasteiger partial charge in [-0.1, -0.05) is 0 Å². The molecule has 0 radical (unpaired) electrons. The van der Waals surface area contributed by atoms with Crippen molar-refractivity contribution in [2.75, 3.05) is 65.4 Å². The molecule has 28 heavy (non-hydrogen) atoms. The second-order valence-corrected chi connectivity index (χ2v) is 6.73. The molecule has 8 N–H and O–H groups in total. The van der Waals surface area contributed by atoms with Crippen molar-refractivity contribution in [3.8, 4) is 0 Å². The number of nitrogens with two attached hydrogens (primary N) is 2. The zero-order valence-corrected chi connectivity index (χ0v) is 19.3. The number of hydrogen-bond acceptors (Lipinski definition) is 2. The molecule has 0 saturated carbocycles. The minimum absolute atomic E-state index is 0. The number of halogens is 4. The third kappa shape index (κ3) is 20.7. The first-order valence-electron chi connectivity index (χ1n) is 9.32. The Morgan fingerprint density at radius 3 is 1.32 bits per heavy atom. The van der Waals surface area contributed by atoms with E-state index in [-0.39, 0.29) is 62.5 Å². The standard InChI is InChI=1S/C16H32N4O4.4ClH/c21-15(22)3-11-19-9-1-5-17-7-8-18-6-2-10-20(14-13-19)12-4-16(23)24;;;;/h17-18H,1-14H2,(H,21,22)(H,23,24);4*1H. The van der Waals surface area contributed by atoms with E-state index < -0.39 is 11.9 Å². The normalized spacial score (nSPS) is 21.3. The Bertz CT molecular complexity index is 351. The lowest BCUT2D eigenvalue weighted by atomic mass is 10.2. The number of aliphatic carboxylic acids is 2. The van der Waals surface area contributed by atoms with Crippen molar-refractivity contribution in [2.45, 2.75) is 25.7 Å². The summed E-state index contributed by atoms with van der Waals surface area (Å²) in [6.07, 6.45) is 2.61. The van der Waals surface area contributed by atoms with E-state index in [0.717, 1.165) is 65.2 Å². The largest absolute Gasteiger partial charge is 1.00 e. The van der Waals surface area contributed by atoms with Gasteiger partial charge in [0.2, 0.25) is 0 Å². The van der Waals surface area contributed by atoms with Crippen LogP contribution in [0.15, 0.2) is 0 Å². The van der Waals surface area contributed by atoms with E-state index in [4.69, 9.17) is 10.2 Å². The van der Waals surface area contributed by atoms with E-state index in [1.165, 1.54) is 9.80 Å². The predicted octanol–water partition coefficient (Wildman–Crippen LogP) is -17.4. The molecule has 0 aliphatic carbocycles. The summed E-state index contributed by atoms with van der Waals surface area (Å²) in [4.78, 5) is 24.4. The van der Waals surface area contributed by atoms with Gasteiger partial charge in [-0.05, 0) is 0 Å². The van der Waals surface area contributed by atoms with Gasteiger partial charge in [-0.15, -0.1) is 0 Å². The molecule has 0 spiro atoms. The van der Waals surface area contributed by atoms with Gasteiger partial charge >= 0.3 is 11.9 Å². The van der Waals surface area contributed by atoms with Crippen molar-refractivity contribution in [1.29, 1.82) is 0 Å². The Hall–Kier alpha value is -0.0600. The first kappa shape index (κ1) is 35.4. The Labute approximate surface area is 192 Å². The topological polar surface area (TPSA) is 117 Å². The summed E-state index contributed by atoms with van der Waals surface area (Å²) in [6, 6.07) is 0. The number of carbonyl (C=O) groups is 2. The predicted molar refractivity (Wildman–Crippen MR) is 88.2 cm³/mol. The highest BCUT2D eigenvalue weighted by atomic mass is 35.5. The summed E-state index contributed by atoms with van der Waals surface area (Å²) < 4.78 is 0. The third-order valence-electron chi connectivity index (χ3n) is 4.67. The van der Waals surface area contributed by atoms with E-state index in [1.54, 1.807) is 0 Å². The molecule has 1 rings (SSSR count). The molecular weight excluding hydrogens is 454 g/mol. The van der Waals surface area contributed by atoms with Crippen molar-refractivity contribution >= 4 is 11.9 Å². The summed E-state index contributed by atoms with van der Waals surface area (Å²) >= 11 is 0. The monoisotopic (exact) mass is 488 g/mol. The van der Waals surface area contributed by atoms with Crippen LogP contribution in [0.1, 0.15) is 25.7 Å². The van der Waals surface area contributed by atoms with Gasteiger partial charge in [0.25, 0.3) is 0 Å². The maximum Gasteiger partial charge on any atom is 0.309 e. The number of rotatable bonds is 6. The van der Waals surface area contributed by atoms with E-state index in [0.29, 0.717) is 13.1 Å². The lowest BCUT2D eigenvalue weighted by molar-refractivity contribution is -0.958. The molecule has 1 fully saturated rings. The van der Waals surface area contributed by atoms with Gasteiger partial charge < -0.3 is 80.3 Å². The molecule has 2 unspecified atom stereocenters. The van der Waals surface area contributed by atoms with Gasteiger partial charge in [0, 0.05) is 12.8 Å². The van der Waals surface area contributed by atoms with Crippen LogP contribution in [0.3, 0.4) is 0 Å². The maximum atomic E-state index is 10.9. The van der Waals surface area contributed by atoms with Crippen LogP contribution in [0.5, 0.6) is 0 Å². The fourth-order valence-electron chi connectivity index (χ4n) is 3.19. The zero-order valence-electron chi connectivity index (χ0n) is 16.3. The van der Waals surface area contributed by atoms with Crippen LogP contribution in [0.4, 0.5) is 0 Å². The molecule has 1 heterocycles. The first-order chi connectivity index (χ1) is 11.6. The van der Waals surface area contributed by atoms with Gasteiger partial charge in [0.05, 0.1) is 52.1 Å². The highest BCUT2D eigenvalue weighted by Gasteiger charge is 2.17. The molecule has 172 valence electrons. The lowest BCUT2D eigenvalue weighted by Gasteiger charge is -2.23. The van der Waals surface area contributed by atoms with E-state index >= 15 is 0 Å².